The fourth-order valence-corrected chi connectivity index (χ4v) is 5.07. The zero-order chi connectivity index (χ0) is 21.5. The van der Waals surface area contributed by atoms with Gasteiger partial charge in [-0.3, -0.25) is 14.4 Å². The van der Waals surface area contributed by atoms with Crippen molar-refractivity contribution in [2.45, 2.75) is 96.9 Å². The minimum absolute atomic E-state index is 0.00920. The highest BCUT2D eigenvalue weighted by Crippen LogP contribution is 2.32. The topological polar surface area (TPSA) is 69.7 Å². The van der Waals surface area contributed by atoms with Crippen molar-refractivity contribution < 1.29 is 14.4 Å². The summed E-state index contributed by atoms with van der Waals surface area (Å²) in [6, 6.07) is 0.253. The summed E-state index contributed by atoms with van der Waals surface area (Å²) in [5.41, 5.74) is 1.54. The molecule has 0 bridgehead atoms. The van der Waals surface area contributed by atoms with Gasteiger partial charge in [0.15, 0.2) is 0 Å². The number of amides is 3. The Morgan fingerprint density at radius 3 is 2.33 bits per heavy atom. The van der Waals surface area contributed by atoms with Crippen LogP contribution in [-0.2, 0) is 14.4 Å². The van der Waals surface area contributed by atoms with Gasteiger partial charge in [-0.2, -0.15) is 0 Å². The Kier molecular flexibility index (Phi) is 8.34. The van der Waals surface area contributed by atoms with Crippen molar-refractivity contribution in [3.63, 3.8) is 0 Å². The monoisotopic (exact) mass is 417 g/mol. The van der Waals surface area contributed by atoms with Crippen molar-refractivity contribution in [1.82, 2.24) is 15.1 Å². The van der Waals surface area contributed by atoms with E-state index in [0.717, 1.165) is 75.7 Å². The Bertz CT molecular complexity index is 659. The number of carbonyl (C=O) groups excluding carboxylic acids is 3. The van der Waals surface area contributed by atoms with Crippen molar-refractivity contribution in [2.24, 2.45) is 5.92 Å². The zero-order valence-corrected chi connectivity index (χ0v) is 18.9. The molecule has 0 radical (unpaired) electrons. The molecule has 3 aliphatic rings. The number of rotatable bonds is 7. The van der Waals surface area contributed by atoms with Gasteiger partial charge >= 0.3 is 0 Å². The quantitative estimate of drug-likeness (QED) is 0.686. The maximum atomic E-state index is 13.4. The number of likely N-dealkylation sites (tertiary alicyclic amines) is 1. The zero-order valence-electron chi connectivity index (χ0n) is 18.9. The summed E-state index contributed by atoms with van der Waals surface area (Å²) in [5.74, 6) is -0.394. The molecule has 1 saturated carbocycles. The normalized spacial score (nSPS) is 23.7. The second-order valence-electron chi connectivity index (χ2n) is 9.27. The van der Waals surface area contributed by atoms with Crippen LogP contribution >= 0.6 is 0 Å². The van der Waals surface area contributed by atoms with Crippen molar-refractivity contribution in [2.75, 3.05) is 19.6 Å². The van der Waals surface area contributed by atoms with Gasteiger partial charge in [0.25, 0.3) is 5.91 Å². The van der Waals surface area contributed by atoms with E-state index in [1.165, 1.54) is 12.8 Å². The van der Waals surface area contributed by atoms with E-state index < -0.39 is 5.92 Å². The number of hydrogen-bond acceptors (Lipinski definition) is 3. The van der Waals surface area contributed by atoms with Crippen molar-refractivity contribution in [3.05, 3.63) is 11.3 Å². The highest BCUT2D eigenvalue weighted by Gasteiger charge is 2.37. The molecule has 168 valence electrons. The minimum atomic E-state index is -0.433. The van der Waals surface area contributed by atoms with Crippen LogP contribution in [0.2, 0.25) is 0 Å². The summed E-state index contributed by atoms with van der Waals surface area (Å²) < 4.78 is 0. The summed E-state index contributed by atoms with van der Waals surface area (Å²) in [7, 11) is 0. The summed E-state index contributed by atoms with van der Waals surface area (Å²) in [6.07, 6.45) is 11.3. The number of carbonyl (C=O) groups is 3. The highest BCUT2D eigenvalue weighted by molar-refractivity contribution is 5.98. The molecule has 1 saturated heterocycles. The molecule has 0 aromatic heterocycles. The van der Waals surface area contributed by atoms with Crippen LogP contribution in [0.4, 0.5) is 0 Å². The first-order valence-electron chi connectivity index (χ1n) is 12.1. The van der Waals surface area contributed by atoms with Gasteiger partial charge in [0.1, 0.15) is 0 Å². The minimum Gasteiger partial charge on any atom is -0.353 e. The maximum Gasteiger partial charge on any atom is 0.251 e. The molecule has 6 heteroatoms. The first kappa shape index (κ1) is 22.8. The van der Waals surface area contributed by atoms with Gasteiger partial charge in [-0.05, 0) is 45.4 Å². The number of nitrogens with one attached hydrogen (secondary N) is 1. The molecule has 2 aliphatic heterocycles. The molecule has 3 amide bonds. The van der Waals surface area contributed by atoms with E-state index in [-0.39, 0.29) is 30.2 Å². The molecule has 0 aromatic carbocycles. The molecule has 1 atom stereocenters. The van der Waals surface area contributed by atoms with E-state index in [4.69, 9.17) is 0 Å². The largest absolute Gasteiger partial charge is 0.353 e. The fraction of sp³-hybridized carbons (Fsp3) is 0.792. The molecule has 1 N–H and O–H groups in total. The van der Waals surface area contributed by atoms with Gasteiger partial charge in [-0.1, -0.05) is 39.0 Å². The summed E-state index contributed by atoms with van der Waals surface area (Å²) >= 11 is 0. The Morgan fingerprint density at radius 2 is 1.70 bits per heavy atom. The molecule has 0 spiro atoms. The number of nitrogens with zero attached hydrogens (tertiary/aromatic N) is 2. The Morgan fingerprint density at radius 1 is 1.03 bits per heavy atom. The smallest absolute Gasteiger partial charge is 0.251 e. The third kappa shape index (κ3) is 5.64. The molecule has 0 aromatic rings. The molecular formula is C24H39N3O3. The summed E-state index contributed by atoms with van der Waals surface area (Å²) in [5, 5.41) is 3.11. The van der Waals surface area contributed by atoms with E-state index in [0.29, 0.717) is 13.0 Å². The Hall–Kier alpha value is -1.85. The SMILES string of the molecule is CCCCN1C(=O)C(CC(=O)NC2CCCC2)CC(C(=O)N2CCCCCC2)=C1C. The highest BCUT2D eigenvalue weighted by atomic mass is 16.2. The predicted molar refractivity (Wildman–Crippen MR) is 117 cm³/mol. The van der Waals surface area contributed by atoms with Crippen LogP contribution in [0, 0.1) is 5.92 Å². The number of allylic oxidation sites excluding steroid dienone is 1. The maximum absolute atomic E-state index is 13.4. The summed E-state index contributed by atoms with van der Waals surface area (Å²) in [4.78, 5) is 43.0. The molecular weight excluding hydrogens is 378 g/mol. The third-order valence-corrected chi connectivity index (χ3v) is 6.95. The average molecular weight is 418 g/mol. The molecule has 30 heavy (non-hydrogen) atoms. The van der Waals surface area contributed by atoms with Gasteiger partial charge in [0.05, 0.1) is 5.92 Å². The van der Waals surface area contributed by atoms with Crippen LogP contribution in [0.5, 0.6) is 0 Å². The van der Waals surface area contributed by atoms with Crippen LogP contribution < -0.4 is 5.32 Å². The van der Waals surface area contributed by atoms with Crippen molar-refractivity contribution in [1.29, 1.82) is 0 Å². The van der Waals surface area contributed by atoms with E-state index in [1.807, 2.05) is 11.8 Å². The Balaban J connectivity index is 1.75. The van der Waals surface area contributed by atoms with Gasteiger partial charge < -0.3 is 15.1 Å². The Labute approximate surface area is 181 Å². The van der Waals surface area contributed by atoms with Crippen LogP contribution in [0.3, 0.4) is 0 Å². The molecule has 6 nitrogen and oxygen atoms in total. The molecule has 1 aliphatic carbocycles. The van der Waals surface area contributed by atoms with Gasteiger partial charge in [-0.25, -0.2) is 0 Å². The van der Waals surface area contributed by atoms with Crippen molar-refractivity contribution >= 4 is 17.7 Å². The second kappa shape index (κ2) is 11.0. The fourth-order valence-electron chi connectivity index (χ4n) is 5.07. The molecule has 2 heterocycles. The molecule has 2 fully saturated rings. The lowest BCUT2D eigenvalue weighted by Crippen LogP contribution is -2.45. The van der Waals surface area contributed by atoms with Gasteiger partial charge in [0, 0.05) is 43.4 Å². The first-order chi connectivity index (χ1) is 14.5. The second-order valence-corrected chi connectivity index (χ2v) is 9.27. The summed E-state index contributed by atoms with van der Waals surface area (Å²) in [6.45, 7) is 6.23. The van der Waals surface area contributed by atoms with E-state index >= 15 is 0 Å². The lowest BCUT2D eigenvalue weighted by molar-refractivity contribution is -0.139. The van der Waals surface area contributed by atoms with Crippen LogP contribution in [-0.4, -0.2) is 53.2 Å². The van der Waals surface area contributed by atoms with Crippen molar-refractivity contribution in [3.8, 4) is 0 Å². The average Bonchev–Trinajstić information content (AvgIpc) is 3.08. The van der Waals surface area contributed by atoms with E-state index in [1.54, 1.807) is 4.90 Å². The van der Waals surface area contributed by atoms with Gasteiger partial charge in [0.2, 0.25) is 11.8 Å². The molecule has 1 unspecified atom stereocenters. The number of hydrogen-bond donors (Lipinski definition) is 1. The van der Waals surface area contributed by atoms with Crippen LogP contribution in [0.15, 0.2) is 11.3 Å². The van der Waals surface area contributed by atoms with Crippen LogP contribution in [0.1, 0.15) is 90.9 Å². The third-order valence-electron chi connectivity index (χ3n) is 6.95. The van der Waals surface area contributed by atoms with E-state index in [9.17, 15) is 14.4 Å². The number of unbranched alkanes of at least 4 members (excludes halogenated alkanes) is 1. The lowest BCUT2D eigenvalue weighted by atomic mass is 9.88. The predicted octanol–water partition coefficient (Wildman–Crippen LogP) is 3.76. The van der Waals surface area contributed by atoms with Crippen LogP contribution in [0.25, 0.3) is 0 Å². The lowest BCUT2D eigenvalue weighted by Gasteiger charge is -2.36. The first-order valence-corrected chi connectivity index (χ1v) is 12.1. The van der Waals surface area contributed by atoms with E-state index in [2.05, 4.69) is 12.2 Å². The molecule has 3 rings (SSSR count). The van der Waals surface area contributed by atoms with Gasteiger partial charge in [-0.15, -0.1) is 0 Å². The standard InChI is InChI=1S/C24H39N3O3/c1-3-4-15-27-18(2)21(24(30)26-13-9-5-6-10-14-26)16-19(23(27)29)17-22(28)25-20-11-7-8-12-20/h19-20H,3-17H2,1-2H3,(H,25,28).